The monoisotopic (exact) mass is 452 g/mol. The fourth-order valence-corrected chi connectivity index (χ4v) is 3.94. The molecule has 1 aliphatic heterocycles. The SMILES string of the molecule is CC(=O)Oc1cccc(C(=O)N2CCCN(C(=O)C(C)Oc3ccccc3C(C)C)CC2)c1. The van der Waals surface area contributed by atoms with Crippen molar-refractivity contribution in [1.29, 1.82) is 0 Å². The van der Waals surface area contributed by atoms with Crippen molar-refractivity contribution in [2.24, 2.45) is 0 Å². The van der Waals surface area contributed by atoms with Crippen LogP contribution in [0.25, 0.3) is 0 Å². The zero-order valence-corrected chi connectivity index (χ0v) is 19.7. The summed E-state index contributed by atoms with van der Waals surface area (Å²) in [6.45, 7) is 9.26. The van der Waals surface area contributed by atoms with Crippen molar-refractivity contribution in [1.82, 2.24) is 9.80 Å². The minimum Gasteiger partial charge on any atom is -0.481 e. The minimum absolute atomic E-state index is 0.0836. The summed E-state index contributed by atoms with van der Waals surface area (Å²) >= 11 is 0. The van der Waals surface area contributed by atoms with Crippen molar-refractivity contribution in [3.05, 3.63) is 59.7 Å². The summed E-state index contributed by atoms with van der Waals surface area (Å²) in [5.74, 6) is 0.699. The van der Waals surface area contributed by atoms with E-state index in [1.165, 1.54) is 6.92 Å². The fourth-order valence-electron chi connectivity index (χ4n) is 3.94. The summed E-state index contributed by atoms with van der Waals surface area (Å²) in [5.41, 5.74) is 1.52. The Balaban J connectivity index is 1.62. The van der Waals surface area contributed by atoms with Crippen LogP contribution in [0.15, 0.2) is 48.5 Å². The van der Waals surface area contributed by atoms with Crippen LogP contribution >= 0.6 is 0 Å². The number of carbonyl (C=O) groups is 3. The van der Waals surface area contributed by atoms with Crippen molar-refractivity contribution >= 4 is 17.8 Å². The molecule has 0 radical (unpaired) electrons. The van der Waals surface area contributed by atoms with Crippen molar-refractivity contribution in [3.8, 4) is 11.5 Å². The maximum atomic E-state index is 13.1. The molecular formula is C26H32N2O5. The van der Waals surface area contributed by atoms with E-state index < -0.39 is 12.1 Å². The van der Waals surface area contributed by atoms with E-state index in [-0.39, 0.29) is 11.8 Å². The second-order valence-electron chi connectivity index (χ2n) is 8.55. The van der Waals surface area contributed by atoms with Gasteiger partial charge in [0.25, 0.3) is 11.8 Å². The second-order valence-corrected chi connectivity index (χ2v) is 8.55. The Labute approximate surface area is 195 Å². The molecule has 1 unspecified atom stereocenters. The first-order chi connectivity index (χ1) is 15.8. The lowest BCUT2D eigenvalue weighted by atomic mass is 10.0. The van der Waals surface area contributed by atoms with Crippen molar-refractivity contribution in [3.63, 3.8) is 0 Å². The Morgan fingerprint density at radius 2 is 1.58 bits per heavy atom. The van der Waals surface area contributed by atoms with E-state index in [1.54, 1.807) is 41.0 Å². The van der Waals surface area contributed by atoms with Gasteiger partial charge in [-0.3, -0.25) is 14.4 Å². The predicted octanol–water partition coefficient (Wildman–Crippen LogP) is 3.88. The molecule has 0 aromatic heterocycles. The first-order valence-corrected chi connectivity index (χ1v) is 11.4. The Morgan fingerprint density at radius 1 is 0.879 bits per heavy atom. The summed E-state index contributed by atoms with van der Waals surface area (Å²) in [4.78, 5) is 40.8. The zero-order chi connectivity index (χ0) is 24.0. The highest BCUT2D eigenvalue weighted by atomic mass is 16.5. The zero-order valence-electron chi connectivity index (χ0n) is 19.7. The third kappa shape index (κ3) is 6.34. The average Bonchev–Trinajstić information content (AvgIpc) is 3.04. The Morgan fingerprint density at radius 3 is 2.30 bits per heavy atom. The van der Waals surface area contributed by atoms with E-state index in [2.05, 4.69) is 13.8 Å². The van der Waals surface area contributed by atoms with Gasteiger partial charge in [0.2, 0.25) is 0 Å². The number of carbonyl (C=O) groups excluding carboxylic acids is 3. The molecule has 1 aliphatic rings. The first-order valence-electron chi connectivity index (χ1n) is 11.4. The fraction of sp³-hybridized carbons (Fsp3) is 0.423. The van der Waals surface area contributed by atoms with Crippen LogP contribution in [0.4, 0.5) is 0 Å². The maximum Gasteiger partial charge on any atom is 0.308 e. The molecule has 3 rings (SSSR count). The van der Waals surface area contributed by atoms with Gasteiger partial charge in [0.15, 0.2) is 6.10 Å². The lowest BCUT2D eigenvalue weighted by Gasteiger charge is -2.26. The van der Waals surface area contributed by atoms with Crippen LogP contribution in [-0.2, 0) is 9.59 Å². The number of rotatable bonds is 6. The van der Waals surface area contributed by atoms with Crippen molar-refractivity contribution in [2.45, 2.75) is 46.1 Å². The number of hydrogen-bond donors (Lipinski definition) is 0. The number of amides is 2. The number of benzene rings is 2. The van der Waals surface area contributed by atoms with Crippen LogP contribution < -0.4 is 9.47 Å². The number of para-hydroxylation sites is 1. The lowest BCUT2D eigenvalue weighted by molar-refractivity contribution is -0.137. The molecule has 7 nitrogen and oxygen atoms in total. The maximum absolute atomic E-state index is 13.1. The largest absolute Gasteiger partial charge is 0.481 e. The third-order valence-corrected chi connectivity index (χ3v) is 5.63. The summed E-state index contributed by atoms with van der Waals surface area (Å²) < 4.78 is 11.1. The van der Waals surface area contributed by atoms with Crippen molar-refractivity contribution in [2.75, 3.05) is 26.2 Å². The molecule has 1 atom stereocenters. The molecule has 176 valence electrons. The summed E-state index contributed by atoms with van der Waals surface area (Å²) in [6, 6.07) is 14.4. The van der Waals surface area contributed by atoms with Crippen LogP contribution in [0.5, 0.6) is 11.5 Å². The van der Waals surface area contributed by atoms with E-state index in [4.69, 9.17) is 9.47 Å². The third-order valence-electron chi connectivity index (χ3n) is 5.63. The molecule has 0 bridgehead atoms. The molecule has 0 aliphatic carbocycles. The topological polar surface area (TPSA) is 76.2 Å². The van der Waals surface area contributed by atoms with Gasteiger partial charge >= 0.3 is 5.97 Å². The van der Waals surface area contributed by atoms with Gasteiger partial charge in [-0.15, -0.1) is 0 Å². The van der Waals surface area contributed by atoms with Crippen LogP contribution in [0.3, 0.4) is 0 Å². The number of hydrogen-bond acceptors (Lipinski definition) is 5. The Kier molecular flexibility index (Phi) is 8.09. The summed E-state index contributed by atoms with van der Waals surface area (Å²) in [5, 5.41) is 0. The molecular weight excluding hydrogens is 420 g/mol. The molecule has 33 heavy (non-hydrogen) atoms. The molecule has 1 fully saturated rings. The standard InChI is InChI=1S/C26H32N2O5/c1-18(2)23-11-5-6-12-24(23)32-19(3)25(30)27-13-8-14-28(16-15-27)26(31)21-9-7-10-22(17-21)33-20(4)29/h5-7,9-12,17-19H,8,13-16H2,1-4H3. The molecule has 0 saturated carbocycles. The molecule has 2 amide bonds. The number of ether oxygens (including phenoxy) is 2. The molecule has 0 N–H and O–H groups in total. The quantitative estimate of drug-likeness (QED) is 0.491. The molecule has 2 aromatic carbocycles. The summed E-state index contributed by atoms with van der Waals surface area (Å²) in [6.07, 6.45) is 0.0590. The Bertz CT molecular complexity index is 1000. The van der Waals surface area contributed by atoms with Crippen LogP contribution in [0.2, 0.25) is 0 Å². The van der Waals surface area contributed by atoms with Crippen LogP contribution in [0, 0.1) is 0 Å². The molecule has 1 saturated heterocycles. The van der Waals surface area contributed by atoms with Gasteiger partial charge in [-0.2, -0.15) is 0 Å². The van der Waals surface area contributed by atoms with E-state index in [0.717, 1.165) is 11.3 Å². The van der Waals surface area contributed by atoms with Gasteiger partial charge in [0.05, 0.1) is 0 Å². The highest BCUT2D eigenvalue weighted by molar-refractivity contribution is 5.95. The average molecular weight is 453 g/mol. The van der Waals surface area contributed by atoms with Gasteiger partial charge in [-0.05, 0) is 49.1 Å². The van der Waals surface area contributed by atoms with Gasteiger partial charge in [0.1, 0.15) is 11.5 Å². The van der Waals surface area contributed by atoms with Gasteiger partial charge < -0.3 is 19.3 Å². The minimum atomic E-state index is -0.618. The number of esters is 1. The second kappa shape index (κ2) is 11.0. The highest BCUT2D eigenvalue weighted by Gasteiger charge is 2.27. The first kappa shape index (κ1) is 24.3. The Hall–Kier alpha value is -3.35. The summed E-state index contributed by atoms with van der Waals surface area (Å²) in [7, 11) is 0. The molecule has 1 heterocycles. The number of nitrogens with zero attached hydrogens (tertiary/aromatic N) is 2. The van der Waals surface area contributed by atoms with E-state index >= 15 is 0 Å². The molecule has 0 spiro atoms. The highest BCUT2D eigenvalue weighted by Crippen LogP contribution is 2.27. The van der Waals surface area contributed by atoms with E-state index in [0.29, 0.717) is 49.8 Å². The molecule has 2 aromatic rings. The van der Waals surface area contributed by atoms with Crippen molar-refractivity contribution < 1.29 is 23.9 Å². The van der Waals surface area contributed by atoms with Crippen LogP contribution in [0.1, 0.15) is 56.0 Å². The molecule has 7 heteroatoms. The normalized spacial score (nSPS) is 15.1. The van der Waals surface area contributed by atoms with Gasteiger partial charge in [-0.1, -0.05) is 38.1 Å². The van der Waals surface area contributed by atoms with Gasteiger partial charge in [-0.25, -0.2) is 0 Å². The lowest BCUT2D eigenvalue weighted by Crippen LogP contribution is -2.43. The van der Waals surface area contributed by atoms with E-state index in [1.807, 2.05) is 24.3 Å². The van der Waals surface area contributed by atoms with Gasteiger partial charge in [0, 0.05) is 38.7 Å². The smallest absolute Gasteiger partial charge is 0.308 e. The van der Waals surface area contributed by atoms with E-state index in [9.17, 15) is 14.4 Å². The predicted molar refractivity (Wildman–Crippen MR) is 125 cm³/mol. The van der Waals surface area contributed by atoms with Crippen LogP contribution in [-0.4, -0.2) is 59.9 Å².